The second-order valence-corrected chi connectivity index (χ2v) is 4.28. The topological polar surface area (TPSA) is 55.1 Å². The van der Waals surface area contributed by atoms with Gasteiger partial charge in [-0.15, -0.1) is 0 Å². The first-order valence-electron chi connectivity index (χ1n) is 4.56. The summed E-state index contributed by atoms with van der Waals surface area (Å²) in [6.07, 6.45) is 1.59. The van der Waals surface area contributed by atoms with Crippen molar-refractivity contribution < 1.29 is 9.90 Å². The molecule has 4 nitrogen and oxygen atoms in total. The Hall–Kier alpha value is -0.840. The molecule has 14 heavy (non-hydrogen) atoms. The Kier molecular flexibility index (Phi) is 2.34. The lowest BCUT2D eigenvalue weighted by molar-refractivity contribution is -0.139. The number of halogens is 1. The number of aromatic nitrogens is 2. The molecule has 0 radical (unpaired) electrons. The zero-order chi connectivity index (χ0) is 10.3. The van der Waals surface area contributed by atoms with E-state index in [9.17, 15) is 4.79 Å². The van der Waals surface area contributed by atoms with Crippen molar-refractivity contribution in [3.05, 3.63) is 16.1 Å². The van der Waals surface area contributed by atoms with Gasteiger partial charge >= 0.3 is 5.97 Å². The predicted octanol–water partition coefficient (Wildman–Crippen LogP) is 1.92. The molecular formula is C9H11BrN2O2. The van der Waals surface area contributed by atoms with Crippen LogP contribution in [-0.4, -0.2) is 20.6 Å². The van der Waals surface area contributed by atoms with Crippen molar-refractivity contribution in [2.75, 3.05) is 0 Å². The average Bonchev–Trinajstić information content (AvgIpc) is 2.43. The van der Waals surface area contributed by atoms with Crippen LogP contribution in [-0.2, 0) is 11.3 Å². The van der Waals surface area contributed by atoms with Gasteiger partial charge in [-0.3, -0.25) is 4.79 Å². The standard InChI is InChI=1S/C9H11BrN2O2/c1-5-7(10)12-4-2-3-6(9(13)14)8(12)11-5/h6H,2-4H2,1H3,(H,13,14). The molecule has 0 aromatic carbocycles. The quantitative estimate of drug-likeness (QED) is 0.838. The van der Waals surface area contributed by atoms with Gasteiger partial charge in [-0.2, -0.15) is 0 Å². The summed E-state index contributed by atoms with van der Waals surface area (Å²) in [7, 11) is 0. The van der Waals surface area contributed by atoms with Crippen LogP contribution in [0.2, 0.25) is 0 Å². The summed E-state index contributed by atoms with van der Waals surface area (Å²) < 4.78 is 2.87. The van der Waals surface area contributed by atoms with Crippen LogP contribution in [0.4, 0.5) is 0 Å². The third-order valence-corrected chi connectivity index (χ3v) is 3.58. The Morgan fingerprint density at radius 1 is 1.71 bits per heavy atom. The van der Waals surface area contributed by atoms with E-state index in [1.54, 1.807) is 0 Å². The minimum absolute atomic E-state index is 0.436. The number of carboxylic acid groups (broad SMARTS) is 1. The molecule has 1 aliphatic rings. The third-order valence-electron chi connectivity index (χ3n) is 2.58. The van der Waals surface area contributed by atoms with Crippen LogP contribution in [0.25, 0.3) is 0 Å². The SMILES string of the molecule is Cc1nc2n(c1Br)CCCC2C(=O)O. The van der Waals surface area contributed by atoms with Crippen molar-refractivity contribution in [3.8, 4) is 0 Å². The summed E-state index contributed by atoms with van der Waals surface area (Å²) in [5.41, 5.74) is 0.869. The monoisotopic (exact) mass is 258 g/mol. The number of hydrogen-bond acceptors (Lipinski definition) is 2. The van der Waals surface area contributed by atoms with Gasteiger partial charge in [0.15, 0.2) is 0 Å². The van der Waals surface area contributed by atoms with Crippen LogP contribution in [0.15, 0.2) is 4.60 Å². The molecule has 2 rings (SSSR count). The molecular weight excluding hydrogens is 248 g/mol. The predicted molar refractivity (Wildman–Crippen MR) is 54.3 cm³/mol. The minimum atomic E-state index is -0.775. The molecule has 1 aromatic rings. The van der Waals surface area contributed by atoms with E-state index >= 15 is 0 Å². The number of carbonyl (C=O) groups is 1. The first kappa shape index (κ1) is 9.71. The molecule has 0 spiro atoms. The molecule has 2 heterocycles. The molecule has 0 saturated heterocycles. The molecule has 0 bridgehead atoms. The van der Waals surface area contributed by atoms with E-state index in [1.807, 2.05) is 11.5 Å². The average molecular weight is 259 g/mol. The van der Waals surface area contributed by atoms with Gasteiger partial charge in [0.1, 0.15) is 16.3 Å². The van der Waals surface area contributed by atoms with Crippen LogP contribution < -0.4 is 0 Å². The van der Waals surface area contributed by atoms with Gasteiger partial charge in [0.25, 0.3) is 0 Å². The van der Waals surface area contributed by atoms with Crippen molar-refractivity contribution in [2.24, 2.45) is 0 Å². The molecule has 1 aromatic heterocycles. The first-order chi connectivity index (χ1) is 6.61. The number of carboxylic acids is 1. The van der Waals surface area contributed by atoms with Crippen LogP contribution in [0.5, 0.6) is 0 Å². The minimum Gasteiger partial charge on any atom is -0.481 e. The summed E-state index contributed by atoms with van der Waals surface area (Å²) in [5, 5.41) is 9.02. The van der Waals surface area contributed by atoms with E-state index in [4.69, 9.17) is 5.11 Å². The lowest BCUT2D eigenvalue weighted by Gasteiger charge is -2.20. The number of hydrogen-bond donors (Lipinski definition) is 1. The maximum atomic E-state index is 11.0. The molecule has 1 aliphatic heterocycles. The van der Waals surface area contributed by atoms with Crippen molar-refractivity contribution in [1.82, 2.24) is 9.55 Å². The van der Waals surface area contributed by atoms with Crippen molar-refractivity contribution in [3.63, 3.8) is 0 Å². The summed E-state index contributed by atoms with van der Waals surface area (Å²) in [5.74, 6) is -0.523. The van der Waals surface area contributed by atoms with E-state index in [0.29, 0.717) is 12.2 Å². The van der Waals surface area contributed by atoms with Gasteiger partial charge in [-0.1, -0.05) is 0 Å². The highest BCUT2D eigenvalue weighted by Crippen LogP contribution is 2.31. The lowest BCUT2D eigenvalue weighted by atomic mass is 9.99. The van der Waals surface area contributed by atoms with Crippen molar-refractivity contribution in [1.29, 1.82) is 0 Å². The van der Waals surface area contributed by atoms with Gasteiger partial charge < -0.3 is 9.67 Å². The number of fused-ring (bicyclic) bond motifs is 1. The molecule has 1 unspecified atom stereocenters. The summed E-state index contributed by atoms with van der Waals surface area (Å²) in [6, 6.07) is 0. The smallest absolute Gasteiger partial charge is 0.314 e. The van der Waals surface area contributed by atoms with Gasteiger partial charge in [0, 0.05) is 6.54 Å². The van der Waals surface area contributed by atoms with Gasteiger partial charge in [0.05, 0.1) is 5.69 Å². The second kappa shape index (κ2) is 3.38. The zero-order valence-corrected chi connectivity index (χ0v) is 9.41. The van der Waals surface area contributed by atoms with Crippen LogP contribution >= 0.6 is 15.9 Å². The van der Waals surface area contributed by atoms with E-state index in [0.717, 1.165) is 23.3 Å². The number of rotatable bonds is 1. The van der Waals surface area contributed by atoms with Gasteiger partial charge in [-0.25, -0.2) is 4.98 Å². The summed E-state index contributed by atoms with van der Waals surface area (Å²) in [4.78, 5) is 15.3. The van der Waals surface area contributed by atoms with Crippen LogP contribution in [0.1, 0.15) is 30.3 Å². The van der Waals surface area contributed by atoms with Crippen LogP contribution in [0.3, 0.4) is 0 Å². The molecule has 1 N–H and O–H groups in total. The van der Waals surface area contributed by atoms with E-state index < -0.39 is 11.9 Å². The Morgan fingerprint density at radius 3 is 3.07 bits per heavy atom. The van der Waals surface area contributed by atoms with E-state index in [2.05, 4.69) is 20.9 Å². The largest absolute Gasteiger partial charge is 0.481 e. The van der Waals surface area contributed by atoms with Crippen molar-refractivity contribution in [2.45, 2.75) is 32.2 Å². The fraction of sp³-hybridized carbons (Fsp3) is 0.556. The maximum Gasteiger partial charge on any atom is 0.314 e. The summed E-state index contributed by atoms with van der Waals surface area (Å²) >= 11 is 3.42. The Labute approximate surface area is 90.1 Å². The summed E-state index contributed by atoms with van der Waals surface area (Å²) in [6.45, 7) is 2.74. The Balaban J connectivity index is 2.50. The lowest BCUT2D eigenvalue weighted by Crippen LogP contribution is -2.22. The number of aryl methyl sites for hydroxylation is 1. The van der Waals surface area contributed by atoms with Crippen LogP contribution in [0, 0.1) is 6.92 Å². The molecule has 0 aliphatic carbocycles. The van der Waals surface area contributed by atoms with Gasteiger partial charge in [-0.05, 0) is 35.7 Å². The molecule has 0 saturated carbocycles. The fourth-order valence-corrected chi connectivity index (χ4v) is 2.32. The normalized spacial score (nSPS) is 20.6. The number of imidazole rings is 1. The molecule has 1 atom stereocenters. The van der Waals surface area contributed by atoms with E-state index in [-0.39, 0.29) is 0 Å². The maximum absolute atomic E-state index is 11.0. The molecule has 0 fully saturated rings. The molecule has 5 heteroatoms. The zero-order valence-electron chi connectivity index (χ0n) is 7.83. The Morgan fingerprint density at radius 2 is 2.43 bits per heavy atom. The molecule has 76 valence electrons. The van der Waals surface area contributed by atoms with Crippen molar-refractivity contribution >= 4 is 21.9 Å². The third kappa shape index (κ3) is 1.35. The highest BCUT2D eigenvalue weighted by molar-refractivity contribution is 9.10. The Bertz CT molecular complexity index is 386. The van der Waals surface area contributed by atoms with E-state index in [1.165, 1.54) is 0 Å². The highest BCUT2D eigenvalue weighted by Gasteiger charge is 2.30. The second-order valence-electron chi connectivity index (χ2n) is 3.53. The first-order valence-corrected chi connectivity index (χ1v) is 5.36. The fourth-order valence-electron chi connectivity index (χ4n) is 1.87. The number of aliphatic carboxylic acids is 1. The number of nitrogens with zero attached hydrogens (tertiary/aromatic N) is 2. The van der Waals surface area contributed by atoms with Gasteiger partial charge in [0.2, 0.25) is 0 Å². The highest BCUT2D eigenvalue weighted by atomic mass is 79.9. The molecule has 0 amide bonds.